The number of para-hydroxylation sites is 1. The second-order valence-electron chi connectivity index (χ2n) is 14.4. The summed E-state index contributed by atoms with van der Waals surface area (Å²) in [6.07, 6.45) is 0. The average molecular weight is 680 g/mol. The zero-order valence-corrected chi connectivity index (χ0v) is 29.7. The molecule has 7 aromatic carbocycles. The largest absolute Gasteiger partial charge is 0.345 e. The fourth-order valence-electron chi connectivity index (χ4n) is 9.04. The Kier molecular flexibility index (Phi) is 6.33. The van der Waals surface area contributed by atoms with Crippen molar-refractivity contribution in [3.05, 3.63) is 152 Å². The van der Waals surface area contributed by atoms with Crippen LogP contribution in [0.4, 0.5) is 34.1 Å². The number of fused-ring (bicyclic) bond motifs is 1. The van der Waals surface area contributed by atoms with Crippen molar-refractivity contribution < 1.29 is 0 Å². The highest BCUT2D eigenvalue weighted by molar-refractivity contribution is 7.02. The molecular weight excluding hydrogens is 645 g/mol. The van der Waals surface area contributed by atoms with Crippen LogP contribution in [0.25, 0.3) is 55.8 Å². The third kappa shape index (κ3) is 4.33. The normalized spacial score (nSPS) is 13.4. The predicted molar refractivity (Wildman–Crippen MR) is 223 cm³/mol. The highest BCUT2D eigenvalue weighted by atomic mass is 15.2. The fraction of sp³-hybridized carbons (Fsp3) is 0.0638. The van der Waals surface area contributed by atoms with Crippen molar-refractivity contribution in [1.82, 2.24) is 9.97 Å². The van der Waals surface area contributed by atoms with E-state index >= 15 is 0 Å². The zero-order valence-electron chi connectivity index (χ0n) is 29.7. The topological polar surface area (TPSA) is 35.5 Å². The van der Waals surface area contributed by atoms with Gasteiger partial charge in [-0.05, 0) is 93.2 Å². The SMILES string of the molecule is CN1c2cccc3c2B2c4c1cccc4N(C)c1cc(-c4cccc(-c5cccc(-c6nc(-c7ccccc7)c7ccccc7n6)c5)c4)cc(c12)N3C. The van der Waals surface area contributed by atoms with E-state index in [0.717, 1.165) is 44.7 Å². The maximum absolute atomic E-state index is 5.15. The van der Waals surface area contributed by atoms with Crippen LogP contribution in [0.3, 0.4) is 0 Å². The number of rotatable bonds is 4. The third-order valence-electron chi connectivity index (χ3n) is 11.6. The lowest BCUT2D eigenvalue weighted by molar-refractivity contribution is 1.15. The molecule has 0 N–H and O–H groups in total. The summed E-state index contributed by atoms with van der Waals surface area (Å²) in [5.41, 5.74) is 20.5. The van der Waals surface area contributed by atoms with Gasteiger partial charge in [0, 0.05) is 71.8 Å². The molecule has 0 fully saturated rings. The molecule has 5 nitrogen and oxygen atoms in total. The molecule has 0 radical (unpaired) electrons. The van der Waals surface area contributed by atoms with Gasteiger partial charge in [-0.15, -0.1) is 0 Å². The Morgan fingerprint density at radius 1 is 0.377 bits per heavy atom. The van der Waals surface area contributed by atoms with Crippen molar-refractivity contribution in [3.63, 3.8) is 0 Å². The van der Waals surface area contributed by atoms with Gasteiger partial charge in [0.1, 0.15) is 0 Å². The minimum atomic E-state index is 0.198. The van der Waals surface area contributed by atoms with E-state index in [1.54, 1.807) is 0 Å². The molecular formula is C47H34BN5. The number of anilines is 6. The average Bonchev–Trinajstić information content (AvgIpc) is 3.22. The second-order valence-corrected chi connectivity index (χ2v) is 14.4. The first-order valence-electron chi connectivity index (χ1n) is 18.2. The first kappa shape index (κ1) is 30.0. The molecule has 0 aliphatic carbocycles. The van der Waals surface area contributed by atoms with Gasteiger partial charge < -0.3 is 14.7 Å². The van der Waals surface area contributed by atoms with Crippen molar-refractivity contribution in [2.75, 3.05) is 35.8 Å². The lowest BCUT2D eigenvalue weighted by atomic mass is 9.32. The van der Waals surface area contributed by atoms with Crippen LogP contribution in [0.2, 0.25) is 0 Å². The van der Waals surface area contributed by atoms with Gasteiger partial charge in [-0.25, -0.2) is 9.97 Å². The van der Waals surface area contributed by atoms with Crippen molar-refractivity contribution in [2.45, 2.75) is 0 Å². The van der Waals surface area contributed by atoms with Gasteiger partial charge in [0.05, 0.1) is 11.2 Å². The minimum Gasteiger partial charge on any atom is -0.345 e. The van der Waals surface area contributed by atoms with Crippen molar-refractivity contribution in [3.8, 4) is 44.9 Å². The summed E-state index contributed by atoms with van der Waals surface area (Å²) in [6.45, 7) is 0.198. The van der Waals surface area contributed by atoms with Crippen LogP contribution in [-0.2, 0) is 0 Å². The molecule has 250 valence electrons. The third-order valence-corrected chi connectivity index (χ3v) is 11.6. The second kappa shape index (κ2) is 11.2. The number of aromatic nitrogens is 2. The summed E-state index contributed by atoms with van der Waals surface area (Å²) in [6, 6.07) is 54.5. The molecule has 3 aliphatic rings. The van der Waals surface area contributed by atoms with E-state index < -0.39 is 0 Å². The highest BCUT2D eigenvalue weighted by Gasteiger charge is 2.46. The first-order valence-corrected chi connectivity index (χ1v) is 18.2. The van der Waals surface area contributed by atoms with E-state index in [1.165, 1.54) is 61.6 Å². The maximum atomic E-state index is 5.15. The van der Waals surface area contributed by atoms with Gasteiger partial charge >= 0.3 is 0 Å². The standard InChI is InChI=1S/C47H34BN5/c1-51-37-21-11-23-39-43(37)48-44-38(51)22-12-24-40(44)53(3)42-28-34(27-41(45(42)48)52(39)2)32-17-9-15-30(25-32)31-16-10-18-33(26-31)47-49-36-20-8-7-19-35(36)46(50-47)29-13-5-4-6-14-29/h4-28H,1-3H3. The number of hydrogen-bond donors (Lipinski definition) is 0. The Morgan fingerprint density at radius 2 is 0.830 bits per heavy atom. The monoisotopic (exact) mass is 679 g/mol. The Bertz CT molecular complexity index is 2730. The van der Waals surface area contributed by atoms with Gasteiger partial charge in [-0.1, -0.05) is 97.1 Å². The number of nitrogens with zero attached hydrogens (tertiary/aromatic N) is 5. The first-order chi connectivity index (χ1) is 26.0. The maximum Gasteiger partial charge on any atom is 0.257 e. The Hall–Kier alpha value is -6.66. The van der Waals surface area contributed by atoms with Crippen molar-refractivity contribution >= 4 is 68.1 Å². The molecule has 0 spiro atoms. The lowest BCUT2D eigenvalue weighted by Crippen LogP contribution is -2.65. The summed E-state index contributed by atoms with van der Waals surface area (Å²) in [5.74, 6) is 0.723. The molecule has 0 atom stereocenters. The van der Waals surface area contributed by atoms with Gasteiger partial charge in [-0.3, -0.25) is 0 Å². The van der Waals surface area contributed by atoms with E-state index in [2.05, 4.69) is 175 Å². The fourth-order valence-corrected chi connectivity index (χ4v) is 9.04. The van der Waals surface area contributed by atoms with E-state index in [4.69, 9.17) is 9.97 Å². The molecule has 0 saturated carbocycles. The Balaban J connectivity index is 1.03. The molecule has 3 aliphatic heterocycles. The van der Waals surface area contributed by atoms with E-state index in [-0.39, 0.29) is 6.71 Å². The van der Waals surface area contributed by atoms with Crippen LogP contribution in [0.1, 0.15) is 0 Å². The predicted octanol–water partition coefficient (Wildman–Crippen LogP) is 9.06. The Morgan fingerprint density at radius 3 is 1.45 bits per heavy atom. The summed E-state index contributed by atoms with van der Waals surface area (Å²) in [7, 11) is 6.65. The molecule has 4 heterocycles. The van der Waals surface area contributed by atoms with Crippen LogP contribution in [0.15, 0.2) is 152 Å². The van der Waals surface area contributed by atoms with E-state index in [1.807, 2.05) is 12.1 Å². The van der Waals surface area contributed by atoms with Crippen LogP contribution < -0.4 is 31.1 Å². The quantitative estimate of drug-likeness (QED) is 0.174. The Labute approximate surface area is 309 Å². The molecule has 0 saturated heterocycles. The molecule has 53 heavy (non-hydrogen) atoms. The van der Waals surface area contributed by atoms with Crippen LogP contribution >= 0.6 is 0 Å². The number of benzene rings is 7. The summed E-state index contributed by atoms with van der Waals surface area (Å²) in [5, 5.41) is 1.05. The minimum absolute atomic E-state index is 0.198. The number of hydrogen-bond acceptors (Lipinski definition) is 5. The van der Waals surface area contributed by atoms with Gasteiger partial charge in [0.25, 0.3) is 6.71 Å². The molecule has 1 aromatic heterocycles. The van der Waals surface area contributed by atoms with E-state index in [9.17, 15) is 0 Å². The highest BCUT2D eigenvalue weighted by Crippen LogP contribution is 2.44. The van der Waals surface area contributed by atoms with E-state index in [0.29, 0.717) is 0 Å². The molecule has 8 aromatic rings. The summed E-state index contributed by atoms with van der Waals surface area (Å²) in [4.78, 5) is 17.4. The van der Waals surface area contributed by atoms with Crippen molar-refractivity contribution in [1.29, 1.82) is 0 Å². The van der Waals surface area contributed by atoms with Crippen LogP contribution in [0, 0.1) is 0 Å². The van der Waals surface area contributed by atoms with Crippen LogP contribution in [-0.4, -0.2) is 37.8 Å². The lowest BCUT2D eigenvalue weighted by Gasteiger charge is -2.47. The molecule has 6 heteroatoms. The molecule has 11 rings (SSSR count). The summed E-state index contributed by atoms with van der Waals surface area (Å²) < 4.78 is 0. The summed E-state index contributed by atoms with van der Waals surface area (Å²) >= 11 is 0. The van der Waals surface area contributed by atoms with Crippen molar-refractivity contribution in [2.24, 2.45) is 0 Å². The molecule has 0 bridgehead atoms. The zero-order chi connectivity index (χ0) is 35.4. The molecule has 0 amide bonds. The van der Waals surface area contributed by atoms with Gasteiger partial charge in [-0.2, -0.15) is 0 Å². The molecule has 0 unspecified atom stereocenters. The van der Waals surface area contributed by atoms with Gasteiger partial charge in [0.15, 0.2) is 5.82 Å². The van der Waals surface area contributed by atoms with Crippen LogP contribution in [0.5, 0.6) is 0 Å². The van der Waals surface area contributed by atoms with Gasteiger partial charge in [0.2, 0.25) is 0 Å². The smallest absolute Gasteiger partial charge is 0.257 e.